The minimum absolute atomic E-state index is 0.0345. The lowest BCUT2D eigenvalue weighted by Crippen LogP contribution is -2.56. The fourth-order valence-corrected chi connectivity index (χ4v) is 3.91. The average Bonchev–Trinajstić information content (AvgIpc) is 2.73. The maximum absolute atomic E-state index is 15.1. The minimum Gasteiger partial charge on any atom is -0.492 e. The summed E-state index contributed by atoms with van der Waals surface area (Å²) >= 11 is 0. The van der Waals surface area contributed by atoms with Crippen molar-refractivity contribution in [2.75, 3.05) is 30.8 Å². The molecule has 11 heteroatoms. The van der Waals surface area contributed by atoms with E-state index < -0.39 is 35.2 Å². The van der Waals surface area contributed by atoms with Crippen LogP contribution in [0, 0.1) is 11.6 Å². The van der Waals surface area contributed by atoms with E-state index in [2.05, 4.69) is 0 Å². The van der Waals surface area contributed by atoms with Crippen LogP contribution in [0.25, 0.3) is 16.6 Å². The Morgan fingerprint density at radius 1 is 1.25 bits per heavy atom. The first-order valence-electron chi connectivity index (χ1n) is 9.56. The van der Waals surface area contributed by atoms with Crippen molar-refractivity contribution in [3.8, 4) is 11.4 Å². The quantitative estimate of drug-likeness (QED) is 0.428. The number of nitrogen functional groups attached to an aromatic ring is 1. The van der Waals surface area contributed by atoms with Crippen molar-refractivity contribution in [3.05, 3.63) is 57.4 Å². The molecule has 2 aromatic carbocycles. The second-order valence-corrected chi connectivity index (χ2v) is 7.51. The van der Waals surface area contributed by atoms with E-state index in [0.29, 0.717) is 13.1 Å². The molecular weight excluding hydrogens is 426 g/mol. The Hall–Kier alpha value is -3.70. The number of methoxy groups -OCH3 is 1. The van der Waals surface area contributed by atoms with Crippen molar-refractivity contribution in [2.24, 2.45) is 5.73 Å². The fourth-order valence-electron chi connectivity index (χ4n) is 3.91. The van der Waals surface area contributed by atoms with E-state index in [4.69, 9.17) is 16.2 Å². The molecule has 6 N–H and O–H groups in total. The number of rotatable bonds is 5. The van der Waals surface area contributed by atoms with Crippen LogP contribution in [-0.4, -0.2) is 47.0 Å². The van der Waals surface area contributed by atoms with E-state index in [1.165, 1.54) is 17.7 Å². The molecule has 0 atom stereocenters. The van der Waals surface area contributed by atoms with Crippen molar-refractivity contribution in [1.82, 2.24) is 4.57 Å². The molecule has 1 aliphatic heterocycles. The van der Waals surface area contributed by atoms with Gasteiger partial charge >= 0.3 is 5.97 Å². The second-order valence-electron chi connectivity index (χ2n) is 7.51. The van der Waals surface area contributed by atoms with E-state index in [-0.39, 0.29) is 45.3 Å². The lowest BCUT2D eigenvalue weighted by atomic mass is 10.0. The van der Waals surface area contributed by atoms with Gasteiger partial charge < -0.3 is 35.9 Å². The van der Waals surface area contributed by atoms with Crippen LogP contribution in [0.15, 0.2) is 29.2 Å². The summed E-state index contributed by atoms with van der Waals surface area (Å²) in [6.07, 6.45) is 1.02. The molecule has 2 heterocycles. The first-order valence-corrected chi connectivity index (χ1v) is 9.56. The van der Waals surface area contributed by atoms with Gasteiger partial charge in [0.2, 0.25) is 5.43 Å². The van der Waals surface area contributed by atoms with E-state index in [9.17, 15) is 24.2 Å². The Bertz CT molecular complexity index is 1320. The van der Waals surface area contributed by atoms with Gasteiger partial charge in [-0.15, -0.1) is 0 Å². The van der Waals surface area contributed by atoms with E-state index in [1.54, 1.807) is 4.90 Å². The van der Waals surface area contributed by atoms with E-state index in [0.717, 1.165) is 18.3 Å². The van der Waals surface area contributed by atoms with Crippen molar-refractivity contribution in [2.45, 2.75) is 12.6 Å². The highest BCUT2D eigenvalue weighted by Crippen LogP contribution is 2.41. The van der Waals surface area contributed by atoms with Crippen molar-refractivity contribution >= 4 is 28.2 Å². The van der Waals surface area contributed by atoms with Crippen LogP contribution >= 0.6 is 0 Å². The maximum Gasteiger partial charge on any atom is 0.341 e. The molecule has 0 radical (unpaired) electrons. The van der Waals surface area contributed by atoms with Crippen LogP contribution in [-0.2, 0) is 6.61 Å². The summed E-state index contributed by atoms with van der Waals surface area (Å²) in [5.41, 5.74) is 9.97. The van der Waals surface area contributed by atoms with Crippen LogP contribution in [0.3, 0.4) is 0 Å². The molecule has 1 aromatic heterocycles. The minimum atomic E-state index is -1.54. The monoisotopic (exact) mass is 446 g/mol. The SMILES string of the molecule is COc1c(N2CC(N)C2)c(F)cc2c(=O)c(C(=O)O)cn(-c3cc(N)c(F)cc3CO)c12. The number of aliphatic hydroxyl groups excluding tert-OH is 1. The zero-order valence-electron chi connectivity index (χ0n) is 16.9. The first-order chi connectivity index (χ1) is 15.2. The number of nitrogens with two attached hydrogens (primary N) is 2. The van der Waals surface area contributed by atoms with Gasteiger partial charge in [-0.2, -0.15) is 0 Å². The van der Waals surface area contributed by atoms with Crippen molar-refractivity contribution in [1.29, 1.82) is 0 Å². The van der Waals surface area contributed by atoms with E-state index in [1.807, 2.05) is 0 Å². The molecule has 1 fully saturated rings. The molecule has 4 rings (SSSR count). The summed E-state index contributed by atoms with van der Waals surface area (Å²) in [4.78, 5) is 26.2. The molecule has 0 aliphatic carbocycles. The number of ether oxygens (including phenoxy) is 1. The van der Waals surface area contributed by atoms with Gasteiger partial charge in [-0.3, -0.25) is 4.79 Å². The number of hydrogen-bond donors (Lipinski definition) is 4. The molecule has 1 aliphatic rings. The Balaban J connectivity index is 2.18. The van der Waals surface area contributed by atoms with Crippen LogP contribution < -0.4 is 26.5 Å². The molecule has 168 valence electrons. The third kappa shape index (κ3) is 3.22. The molecule has 0 unspecified atom stereocenters. The average molecular weight is 446 g/mol. The smallest absolute Gasteiger partial charge is 0.341 e. The zero-order chi connectivity index (χ0) is 23.3. The number of anilines is 2. The number of aromatic nitrogens is 1. The van der Waals surface area contributed by atoms with E-state index >= 15 is 4.39 Å². The highest BCUT2D eigenvalue weighted by Gasteiger charge is 2.32. The molecular formula is C21H20F2N4O5. The number of aliphatic hydroxyl groups is 1. The number of fused-ring (bicyclic) bond motifs is 1. The number of pyridine rings is 1. The van der Waals surface area contributed by atoms with Gasteiger partial charge in [0.1, 0.15) is 22.6 Å². The molecule has 32 heavy (non-hydrogen) atoms. The summed E-state index contributed by atoms with van der Waals surface area (Å²) in [5, 5.41) is 19.1. The highest BCUT2D eigenvalue weighted by atomic mass is 19.1. The fraction of sp³-hybridized carbons (Fsp3) is 0.238. The van der Waals surface area contributed by atoms with Gasteiger partial charge in [-0.1, -0.05) is 0 Å². The lowest BCUT2D eigenvalue weighted by Gasteiger charge is -2.39. The third-order valence-corrected chi connectivity index (χ3v) is 5.46. The topological polar surface area (TPSA) is 144 Å². The van der Waals surface area contributed by atoms with Gasteiger partial charge in [-0.25, -0.2) is 13.6 Å². The number of carboxylic acids is 1. The summed E-state index contributed by atoms with van der Waals surface area (Å²) in [5.74, 6) is -3.14. The Morgan fingerprint density at radius 3 is 2.50 bits per heavy atom. The number of carboxylic acid groups (broad SMARTS) is 1. The Kier molecular flexibility index (Phi) is 5.23. The van der Waals surface area contributed by atoms with Gasteiger partial charge in [0, 0.05) is 30.9 Å². The summed E-state index contributed by atoms with van der Waals surface area (Å²) < 4.78 is 35.8. The molecule has 1 saturated heterocycles. The first kappa shape index (κ1) is 21.5. The molecule has 3 aromatic rings. The standard InChI is InChI=1S/C21H20F2N4O5/c1-32-20-17-11(3-14(23)18(20)26-5-10(24)6-26)19(29)12(21(30)31)7-27(17)16-4-15(25)13(22)2-9(16)8-28/h2-4,7,10,28H,5-6,8,24-25H2,1H3,(H,30,31). The van der Waals surface area contributed by atoms with Crippen LogP contribution in [0.4, 0.5) is 20.2 Å². The number of hydrogen-bond acceptors (Lipinski definition) is 7. The summed E-state index contributed by atoms with van der Waals surface area (Å²) in [6, 6.07) is 2.97. The lowest BCUT2D eigenvalue weighted by molar-refractivity contribution is 0.0695. The number of halogens is 2. The van der Waals surface area contributed by atoms with Crippen LogP contribution in [0.2, 0.25) is 0 Å². The molecule has 9 nitrogen and oxygen atoms in total. The van der Waals surface area contributed by atoms with Crippen LogP contribution in [0.5, 0.6) is 5.75 Å². The molecule has 0 saturated carbocycles. The van der Waals surface area contributed by atoms with Crippen molar-refractivity contribution < 1.29 is 28.5 Å². The summed E-state index contributed by atoms with van der Waals surface area (Å²) in [7, 11) is 1.28. The van der Waals surface area contributed by atoms with Gasteiger partial charge in [0.25, 0.3) is 0 Å². The number of nitrogens with zero attached hydrogens (tertiary/aromatic N) is 2. The second kappa shape index (κ2) is 7.77. The highest BCUT2D eigenvalue weighted by molar-refractivity contribution is 5.98. The molecule has 0 bridgehead atoms. The van der Waals surface area contributed by atoms with Gasteiger partial charge in [0.05, 0.1) is 30.5 Å². The number of benzene rings is 2. The third-order valence-electron chi connectivity index (χ3n) is 5.46. The Morgan fingerprint density at radius 2 is 1.94 bits per heavy atom. The van der Waals surface area contributed by atoms with Crippen molar-refractivity contribution in [3.63, 3.8) is 0 Å². The predicted octanol–water partition coefficient (Wildman–Crippen LogP) is 1.20. The van der Waals surface area contributed by atoms with Crippen LogP contribution in [0.1, 0.15) is 15.9 Å². The van der Waals surface area contributed by atoms with Gasteiger partial charge in [0.15, 0.2) is 11.6 Å². The predicted molar refractivity (Wildman–Crippen MR) is 113 cm³/mol. The normalized spacial score (nSPS) is 14.0. The van der Waals surface area contributed by atoms with Gasteiger partial charge in [-0.05, 0) is 18.2 Å². The maximum atomic E-state index is 15.1. The number of carbonyl (C=O) groups is 1. The zero-order valence-corrected chi connectivity index (χ0v) is 16.9. The number of aromatic carboxylic acids is 1. The molecule has 0 spiro atoms. The largest absolute Gasteiger partial charge is 0.492 e. The Labute approximate surface area is 180 Å². The summed E-state index contributed by atoms with van der Waals surface area (Å²) in [6.45, 7) is 0.0864. The molecule has 0 amide bonds.